The lowest BCUT2D eigenvalue weighted by atomic mass is 9.43. The molecule has 0 unspecified atom stereocenters. The summed E-state index contributed by atoms with van der Waals surface area (Å²) >= 11 is 0. The minimum absolute atomic E-state index is 0.0366. The third kappa shape index (κ3) is 5.51. The summed E-state index contributed by atoms with van der Waals surface area (Å²) in [6, 6.07) is 0. The van der Waals surface area contributed by atoms with E-state index in [9.17, 15) is 9.90 Å². The van der Waals surface area contributed by atoms with Crippen LogP contribution in [0, 0.1) is 70.0 Å². The molecule has 5 aliphatic carbocycles. The topological polar surface area (TPSA) is 119 Å². The monoisotopic (exact) mass is 701 g/mol. The van der Waals surface area contributed by atoms with Gasteiger partial charge in [0.15, 0.2) is 18.2 Å². The average Bonchev–Trinajstić information content (AvgIpc) is 3.30. The molecule has 0 amide bonds. The van der Waals surface area contributed by atoms with Crippen molar-refractivity contribution in [3.05, 3.63) is 0 Å². The fourth-order valence-corrected chi connectivity index (χ4v) is 14.3. The van der Waals surface area contributed by atoms with E-state index in [4.69, 9.17) is 34.5 Å². The van der Waals surface area contributed by atoms with Crippen LogP contribution in [0.2, 0.25) is 0 Å². The Morgan fingerprint density at radius 1 is 0.920 bits per heavy atom. The second-order valence-corrected chi connectivity index (χ2v) is 19.3. The number of hydrogen-bond donors (Lipinski definition) is 2. The van der Waals surface area contributed by atoms with Gasteiger partial charge >= 0.3 is 5.97 Å². The van der Waals surface area contributed by atoms with Gasteiger partial charge in [0.05, 0.1) is 25.4 Å². The predicted molar refractivity (Wildman–Crippen MR) is 187 cm³/mol. The molecule has 4 heterocycles. The van der Waals surface area contributed by atoms with Gasteiger partial charge in [-0.1, -0.05) is 34.6 Å². The Balaban J connectivity index is 0.921. The van der Waals surface area contributed by atoms with Crippen LogP contribution in [0.5, 0.6) is 0 Å². The summed E-state index contributed by atoms with van der Waals surface area (Å²) in [5.41, 5.74) is 5.05. The first-order chi connectivity index (χ1) is 23.8. The number of carbonyl (C=O) groups is 1. The molecule has 18 atom stereocenters. The number of nitrogens with two attached hydrogens (primary N) is 1. The largest absolute Gasteiger partial charge is 0.465 e. The maximum Gasteiger partial charge on any atom is 0.319 e. The lowest BCUT2D eigenvalue weighted by molar-refractivity contribution is -0.578. The van der Waals surface area contributed by atoms with E-state index >= 15 is 0 Å². The van der Waals surface area contributed by atoms with Crippen LogP contribution in [0.1, 0.15) is 131 Å². The highest BCUT2D eigenvalue weighted by Gasteiger charge is 2.70. The second-order valence-electron chi connectivity index (χ2n) is 19.3. The van der Waals surface area contributed by atoms with Gasteiger partial charge < -0.3 is 29.8 Å². The molecule has 3 N–H and O–H groups in total. The van der Waals surface area contributed by atoms with E-state index in [-0.39, 0.29) is 53.7 Å². The highest BCUT2D eigenvalue weighted by Crippen LogP contribution is 2.69. The summed E-state index contributed by atoms with van der Waals surface area (Å²) in [7, 11) is 0. The molecule has 0 aromatic heterocycles. The smallest absolute Gasteiger partial charge is 0.319 e. The standard InChI is InChI=1S/C41H67NO8/c1-23(8-7-19-45-35(44)22-42)29-13-14-32-28-11-10-26-20-27(15-17-38(26,4)33(28)21-34(43)40(29,32)6)46-36-25(3)31-12-9-24(2)30-16-18-39(5)48-37(47-36)41(30,31)50-49-39/h23-34,36-37,43H,7-22,42H2,1-6H3/t23-,24-,25-,26-,27-,28+,29-,30+,31+,32+,33+,34+,36+,37-,38+,39+,40-,41-/m1/s1. The minimum atomic E-state index is -0.771. The van der Waals surface area contributed by atoms with Crippen molar-refractivity contribution in [2.75, 3.05) is 13.2 Å². The molecule has 4 aliphatic heterocycles. The number of carbonyl (C=O) groups excluding carboxylic acids is 1. The van der Waals surface area contributed by atoms with Crippen LogP contribution in [0.3, 0.4) is 0 Å². The van der Waals surface area contributed by atoms with E-state index in [1.807, 2.05) is 6.92 Å². The van der Waals surface area contributed by atoms with Crippen LogP contribution < -0.4 is 5.73 Å². The van der Waals surface area contributed by atoms with Crippen molar-refractivity contribution in [1.29, 1.82) is 0 Å². The predicted octanol–water partition coefficient (Wildman–Crippen LogP) is 7.13. The van der Waals surface area contributed by atoms with E-state index in [2.05, 4.69) is 34.6 Å². The van der Waals surface area contributed by atoms with Crippen LogP contribution in [-0.4, -0.2) is 60.4 Å². The Labute approximate surface area is 300 Å². The maximum absolute atomic E-state index is 12.1. The van der Waals surface area contributed by atoms with Gasteiger partial charge in [-0.15, -0.1) is 0 Å². The molecule has 5 saturated carbocycles. The summed E-state index contributed by atoms with van der Waals surface area (Å²) in [5, 5.41) is 12.1. The van der Waals surface area contributed by atoms with Gasteiger partial charge in [-0.25, -0.2) is 9.78 Å². The summed E-state index contributed by atoms with van der Waals surface area (Å²) in [5.74, 6) is 3.75. The van der Waals surface area contributed by atoms with Crippen LogP contribution >= 0.6 is 0 Å². The molecule has 2 bridgehead atoms. The van der Waals surface area contributed by atoms with E-state index in [1.54, 1.807) is 0 Å². The number of hydrogen-bond acceptors (Lipinski definition) is 9. The van der Waals surface area contributed by atoms with Crippen LogP contribution in [-0.2, 0) is 33.5 Å². The maximum atomic E-state index is 12.1. The van der Waals surface area contributed by atoms with Gasteiger partial charge in [-0.05, 0) is 149 Å². The molecule has 284 valence electrons. The van der Waals surface area contributed by atoms with Gasteiger partial charge in [0.1, 0.15) is 0 Å². The fourth-order valence-electron chi connectivity index (χ4n) is 14.3. The highest BCUT2D eigenvalue weighted by molar-refractivity contribution is 5.71. The Kier molecular flexibility index (Phi) is 9.55. The van der Waals surface area contributed by atoms with Crippen LogP contribution in [0.15, 0.2) is 0 Å². The normalized spacial score (nSPS) is 54.4. The third-order valence-corrected chi connectivity index (χ3v) is 17.1. The summed E-state index contributed by atoms with van der Waals surface area (Å²) < 4.78 is 25.8. The van der Waals surface area contributed by atoms with Crippen LogP contribution in [0.25, 0.3) is 0 Å². The van der Waals surface area contributed by atoms with Crippen LogP contribution in [0.4, 0.5) is 0 Å². The minimum Gasteiger partial charge on any atom is -0.465 e. The van der Waals surface area contributed by atoms with Gasteiger partial charge in [0.25, 0.3) is 0 Å². The fraction of sp³-hybridized carbons (Fsp3) is 0.976. The van der Waals surface area contributed by atoms with Gasteiger partial charge in [0, 0.05) is 18.3 Å². The molecular formula is C41H67NO8. The number of ether oxygens (including phenoxy) is 4. The first kappa shape index (κ1) is 36.2. The Bertz CT molecular complexity index is 1270. The molecule has 1 spiro atoms. The Morgan fingerprint density at radius 3 is 2.52 bits per heavy atom. The molecule has 4 saturated heterocycles. The average molecular weight is 702 g/mol. The SMILES string of the molecule is C[C@H]1[C@@H](O[C@@H]2CC[C@@]3(C)[C@H](CC[C@@H]4[C@@H]3C[C@H](O)[C@]3(C)[C@@H]([C@H](C)CCCOC(=O)CN)CC[C@@H]43)C2)O[C@@H]2O[C@]3(C)CC[C@H]4[C@H](C)CC[C@@H]1[C@@]24OO3. The van der Waals surface area contributed by atoms with Crippen molar-refractivity contribution >= 4 is 5.97 Å². The molecule has 9 nitrogen and oxygen atoms in total. The Hall–Kier alpha value is -0.810. The van der Waals surface area contributed by atoms with E-state index in [1.165, 1.54) is 32.1 Å². The molecule has 9 aliphatic rings. The zero-order chi connectivity index (χ0) is 35.2. The van der Waals surface area contributed by atoms with Crippen molar-refractivity contribution in [2.24, 2.45) is 75.7 Å². The molecule has 9 heteroatoms. The van der Waals surface area contributed by atoms with E-state index in [0.717, 1.165) is 57.8 Å². The lowest BCUT2D eigenvalue weighted by Crippen LogP contribution is -2.70. The summed E-state index contributed by atoms with van der Waals surface area (Å²) in [6.07, 6.45) is 14.4. The molecule has 50 heavy (non-hydrogen) atoms. The lowest BCUT2D eigenvalue weighted by Gasteiger charge is -2.63. The number of esters is 1. The van der Waals surface area contributed by atoms with Gasteiger partial charge in [0.2, 0.25) is 5.79 Å². The molecular weight excluding hydrogens is 634 g/mol. The molecule has 0 aromatic rings. The van der Waals surface area contributed by atoms with E-state index < -0.39 is 17.7 Å². The van der Waals surface area contributed by atoms with Crippen molar-refractivity contribution in [3.63, 3.8) is 0 Å². The van der Waals surface area contributed by atoms with Crippen molar-refractivity contribution < 1.29 is 38.6 Å². The number of rotatable bonds is 8. The zero-order valence-corrected chi connectivity index (χ0v) is 31.8. The van der Waals surface area contributed by atoms with Gasteiger partial charge in [-0.2, -0.15) is 0 Å². The quantitative estimate of drug-likeness (QED) is 0.118. The number of fused-ring (bicyclic) bond motifs is 7. The van der Waals surface area contributed by atoms with Crippen molar-refractivity contribution in [1.82, 2.24) is 0 Å². The number of aliphatic hydroxyl groups excluding tert-OH is 1. The molecule has 9 fully saturated rings. The molecule has 9 rings (SSSR count). The second kappa shape index (κ2) is 13.2. The molecule has 0 radical (unpaired) electrons. The summed E-state index contributed by atoms with van der Waals surface area (Å²) in [4.78, 5) is 23.9. The zero-order valence-electron chi connectivity index (χ0n) is 31.8. The molecule has 0 aromatic carbocycles. The first-order valence-electron chi connectivity index (χ1n) is 20.7. The van der Waals surface area contributed by atoms with Crippen molar-refractivity contribution in [3.8, 4) is 0 Å². The highest BCUT2D eigenvalue weighted by atomic mass is 17.3. The Morgan fingerprint density at radius 2 is 1.72 bits per heavy atom. The third-order valence-electron chi connectivity index (χ3n) is 17.1. The van der Waals surface area contributed by atoms with Crippen molar-refractivity contribution in [2.45, 2.75) is 168 Å². The number of aliphatic hydroxyl groups is 1. The van der Waals surface area contributed by atoms with Gasteiger partial charge in [-0.3, -0.25) is 4.79 Å². The van der Waals surface area contributed by atoms with E-state index in [0.29, 0.717) is 54.0 Å². The first-order valence-corrected chi connectivity index (χ1v) is 20.7. The summed E-state index contributed by atoms with van der Waals surface area (Å²) in [6.45, 7) is 14.4.